The quantitative estimate of drug-likeness (QED) is 0.455. The van der Waals surface area contributed by atoms with Gasteiger partial charge >= 0.3 is 0 Å². The third kappa shape index (κ3) is 6.41. The van der Waals surface area contributed by atoms with Gasteiger partial charge < -0.3 is 18.9 Å². The summed E-state index contributed by atoms with van der Waals surface area (Å²) in [6.07, 6.45) is 1.56. The first-order valence-electron chi connectivity index (χ1n) is 9.75. The van der Waals surface area contributed by atoms with Crippen LogP contribution in [0.5, 0.6) is 23.0 Å². The third-order valence-corrected chi connectivity index (χ3v) is 3.74. The van der Waals surface area contributed by atoms with Gasteiger partial charge in [0.15, 0.2) is 11.5 Å². The minimum absolute atomic E-state index is 0.365. The minimum Gasteiger partial charge on any atom is -0.494 e. The standard InChI is InChI=1S/C22H28N2O5/c1-5-26-18-11-9-16(10-12-18)15-23-24-22(25)17-13-19(27-6-2)21(29-8-4)20(14-17)28-7-3/h9-15H,5-8H2,1-4H3,(H,24,25)/b23-15+. The van der Waals surface area contributed by atoms with Crippen LogP contribution in [-0.4, -0.2) is 38.5 Å². The molecule has 0 unspecified atom stereocenters. The monoisotopic (exact) mass is 400 g/mol. The first kappa shape index (κ1) is 22.1. The summed E-state index contributed by atoms with van der Waals surface area (Å²) < 4.78 is 22.3. The number of ether oxygens (including phenoxy) is 4. The summed E-state index contributed by atoms with van der Waals surface area (Å²) in [5.41, 5.74) is 3.73. The van der Waals surface area contributed by atoms with Gasteiger partial charge in [-0.1, -0.05) is 0 Å². The smallest absolute Gasteiger partial charge is 0.271 e. The Labute approximate surface area is 171 Å². The van der Waals surface area contributed by atoms with Crippen molar-refractivity contribution in [1.82, 2.24) is 5.43 Å². The van der Waals surface area contributed by atoms with Crippen molar-refractivity contribution in [2.45, 2.75) is 27.7 Å². The van der Waals surface area contributed by atoms with E-state index in [1.54, 1.807) is 18.3 Å². The summed E-state index contributed by atoms with van der Waals surface area (Å²) in [5.74, 6) is 1.82. The van der Waals surface area contributed by atoms with E-state index in [0.717, 1.165) is 11.3 Å². The van der Waals surface area contributed by atoms with E-state index >= 15 is 0 Å². The Morgan fingerprint density at radius 3 is 1.93 bits per heavy atom. The van der Waals surface area contributed by atoms with Crippen LogP contribution in [0.3, 0.4) is 0 Å². The summed E-state index contributed by atoms with van der Waals surface area (Å²) >= 11 is 0. The van der Waals surface area contributed by atoms with Gasteiger partial charge in [-0.15, -0.1) is 0 Å². The van der Waals surface area contributed by atoms with Crippen molar-refractivity contribution in [2.75, 3.05) is 26.4 Å². The molecule has 0 aliphatic rings. The maximum absolute atomic E-state index is 12.6. The average Bonchev–Trinajstić information content (AvgIpc) is 2.72. The van der Waals surface area contributed by atoms with Crippen LogP contribution < -0.4 is 24.4 Å². The van der Waals surface area contributed by atoms with Crippen LogP contribution in [0, 0.1) is 0 Å². The van der Waals surface area contributed by atoms with Gasteiger partial charge in [-0.3, -0.25) is 4.79 Å². The van der Waals surface area contributed by atoms with Crippen LogP contribution in [0.25, 0.3) is 0 Å². The van der Waals surface area contributed by atoms with E-state index in [1.807, 2.05) is 52.0 Å². The van der Waals surface area contributed by atoms with E-state index in [9.17, 15) is 4.79 Å². The predicted octanol–water partition coefficient (Wildman–Crippen LogP) is 4.05. The molecule has 0 radical (unpaired) electrons. The fraction of sp³-hybridized carbons (Fsp3) is 0.364. The number of carbonyl (C=O) groups is 1. The van der Waals surface area contributed by atoms with Crippen LogP contribution in [0.15, 0.2) is 41.5 Å². The zero-order valence-electron chi connectivity index (χ0n) is 17.4. The van der Waals surface area contributed by atoms with Crippen LogP contribution >= 0.6 is 0 Å². The minimum atomic E-state index is -0.378. The van der Waals surface area contributed by atoms with Gasteiger partial charge in [-0.2, -0.15) is 5.10 Å². The molecule has 0 bridgehead atoms. The van der Waals surface area contributed by atoms with Gasteiger partial charge in [0.25, 0.3) is 5.91 Å². The topological polar surface area (TPSA) is 78.4 Å². The largest absolute Gasteiger partial charge is 0.494 e. The van der Waals surface area contributed by atoms with Crippen LogP contribution in [0.1, 0.15) is 43.6 Å². The number of nitrogens with zero attached hydrogens (tertiary/aromatic N) is 1. The highest BCUT2D eigenvalue weighted by Crippen LogP contribution is 2.39. The summed E-state index contributed by atoms with van der Waals surface area (Å²) in [6.45, 7) is 9.48. The lowest BCUT2D eigenvalue weighted by atomic mass is 10.1. The van der Waals surface area contributed by atoms with Crippen LogP contribution in [0.2, 0.25) is 0 Å². The fourth-order valence-electron chi connectivity index (χ4n) is 2.57. The summed E-state index contributed by atoms with van der Waals surface area (Å²) in [7, 11) is 0. The van der Waals surface area contributed by atoms with Gasteiger partial charge in [-0.05, 0) is 69.7 Å². The predicted molar refractivity (Wildman–Crippen MR) is 113 cm³/mol. The van der Waals surface area contributed by atoms with Crippen molar-refractivity contribution in [3.05, 3.63) is 47.5 Å². The van der Waals surface area contributed by atoms with E-state index in [1.165, 1.54) is 0 Å². The zero-order valence-corrected chi connectivity index (χ0v) is 17.4. The molecule has 0 aliphatic heterocycles. The Balaban J connectivity index is 2.16. The lowest BCUT2D eigenvalue weighted by Crippen LogP contribution is -2.18. The second-order valence-corrected chi connectivity index (χ2v) is 5.80. The first-order valence-corrected chi connectivity index (χ1v) is 9.75. The molecule has 7 heteroatoms. The van der Waals surface area contributed by atoms with Crippen molar-refractivity contribution >= 4 is 12.1 Å². The summed E-state index contributed by atoms with van der Waals surface area (Å²) in [5, 5.41) is 4.03. The van der Waals surface area contributed by atoms with Gasteiger partial charge in [-0.25, -0.2) is 5.43 Å². The highest BCUT2D eigenvalue weighted by Gasteiger charge is 2.18. The lowest BCUT2D eigenvalue weighted by molar-refractivity contribution is 0.0954. The molecular weight excluding hydrogens is 372 g/mol. The molecule has 2 rings (SSSR count). The molecule has 2 aromatic carbocycles. The number of amides is 1. The second kappa shape index (κ2) is 11.6. The van der Waals surface area contributed by atoms with Crippen molar-refractivity contribution in [3.63, 3.8) is 0 Å². The Bertz CT molecular complexity index is 791. The van der Waals surface area contributed by atoms with Crippen molar-refractivity contribution < 1.29 is 23.7 Å². The second-order valence-electron chi connectivity index (χ2n) is 5.80. The average molecular weight is 400 g/mol. The fourth-order valence-corrected chi connectivity index (χ4v) is 2.57. The van der Waals surface area contributed by atoms with Crippen molar-refractivity contribution in [2.24, 2.45) is 5.10 Å². The van der Waals surface area contributed by atoms with Gasteiger partial charge in [0.05, 0.1) is 32.6 Å². The van der Waals surface area contributed by atoms with Crippen molar-refractivity contribution in [3.8, 4) is 23.0 Å². The molecule has 7 nitrogen and oxygen atoms in total. The molecule has 0 heterocycles. The molecule has 0 saturated carbocycles. The highest BCUT2D eigenvalue weighted by atomic mass is 16.5. The molecule has 1 N–H and O–H groups in total. The van der Waals surface area contributed by atoms with E-state index in [2.05, 4.69) is 10.5 Å². The number of benzene rings is 2. The maximum Gasteiger partial charge on any atom is 0.271 e. The van der Waals surface area contributed by atoms with E-state index < -0.39 is 0 Å². The Hall–Kier alpha value is -3.22. The van der Waals surface area contributed by atoms with Gasteiger partial charge in [0.1, 0.15) is 5.75 Å². The molecule has 0 aromatic heterocycles. The maximum atomic E-state index is 12.6. The molecule has 0 fully saturated rings. The molecule has 0 saturated heterocycles. The number of hydrogen-bond acceptors (Lipinski definition) is 6. The van der Waals surface area contributed by atoms with E-state index in [-0.39, 0.29) is 5.91 Å². The van der Waals surface area contributed by atoms with Gasteiger partial charge in [0.2, 0.25) is 5.75 Å². The molecule has 0 aliphatic carbocycles. The highest BCUT2D eigenvalue weighted by molar-refractivity contribution is 5.96. The molecular formula is C22H28N2O5. The lowest BCUT2D eigenvalue weighted by Gasteiger charge is -2.16. The SMILES string of the molecule is CCOc1ccc(/C=N/NC(=O)c2cc(OCC)c(OCC)c(OCC)c2)cc1. The zero-order chi connectivity index (χ0) is 21.1. The van der Waals surface area contributed by atoms with Gasteiger partial charge in [0, 0.05) is 5.56 Å². The third-order valence-electron chi connectivity index (χ3n) is 3.74. The Morgan fingerprint density at radius 2 is 1.41 bits per heavy atom. The van der Waals surface area contributed by atoms with E-state index in [4.69, 9.17) is 18.9 Å². The number of nitrogens with one attached hydrogen (secondary N) is 1. The number of rotatable bonds is 11. The first-order chi connectivity index (χ1) is 14.1. The molecule has 1 amide bonds. The Kier molecular flexibility index (Phi) is 8.82. The molecule has 156 valence electrons. The molecule has 0 atom stereocenters. The summed E-state index contributed by atoms with van der Waals surface area (Å²) in [6, 6.07) is 10.7. The van der Waals surface area contributed by atoms with Crippen LogP contribution in [0.4, 0.5) is 0 Å². The Morgan fingerprint density at radius 1 is 0.862 bits per heavy atom. The number of hydrazone groups is 1. The summed E-state index contributed by atoms with van der Waals surface area (Å²) in [4.78, 5) is 12.6. The number of hydrogen-bond donors (Lipinski definition) is 1. The molecule has 2 aromatic rings. The molecule has 0 spiro atoms. The number of carbonyl (C=O) groups excluding carboxylic acids is 1. The molecule has 29 heavy (non-hydrogen) atoms. The van der Waals surface area contributed by atoms with Crippen LogP contribution in [-0.2, 0) is 0 Å². The normalized spacial score (nSPS) is 10.6. The van der Waals surface area contributed by atoms with E-state index in [0.29, 0.717) is 49.2 Å². The van der Waals surface area contributed by atoms with Crippen molar-refractivity contribution in [1.29, 1.82) is 0 Å².